The van der Waals surface area contributed by atoms with Crippen molar-refractivity contribution in [2.75, 3.05) is 0 Å². The molecule has 0 fully saturated rings. The van der Waals surface area contributed by atoms with Gasteiger partial charge in [-0.15, -0.1) is 0 Å². The third-order valence-corrected chi connectivity index (χ3v) is 3.32. The number of ketones is 1. The molecule has 0 atom stereocenters. The van der Waals surface area contributed by atoms with E-state index < -0.39 is 0 Å². The fourth-order valence-corrected chi connectivity index (χ4v) is 2.25. The van der Waals surface area contributed by atoms with Crippen LogP contribution in [0.4, 0.5) is 0 Å². The zero-order valence-corrected chi connectivity index (χ0v) is 11.5. The van der Waals surface area contributed by atoms with Crippen molar-refractivity contribution in [3.63, 3.8) is 0 Å². The van der Waals surface area contributed by atoms with Crippen LogP contribution in [-0.2, 0) is 0 Å². The smallest absolute Gasteiger partial charge is 0.194 e. The Kier molecular flexibility index (Phi) is 3.53. The topological polar surface area (TPSA) is 17.1 Å². The molecule has 2 aromatic rings. The summed E-state index contributed by atoms with van der Waals surface area (Å²) in [4.78, 5) is 12.5. The molecule has 0 saturated carbocycles. The molecule has 2 heteroatoms. The van der Waals surface area contributed by atoms with Crippen LogP contribution < -0.4 is 0 Å². The van der Waals surface area contributed by atoms with Crippen LogP contribution >= 0.6 is 11.6 Å². The van der Waals surface area contributed by atoms with E-state index in [9.17, 15) is 4.79 Å². The summed E-state index contributed by atoms with van der Waals surface area (Å²) in [6.45, 7) is 5.87. The third-order valence-electron chi connectivity index (χ3n) is 3.01. The number of halogens is 1. The first-order valence-electron chi connectivity index (χ1n) is 5.87. The molecular weight excluding hydrogens is 244 g/mol. The van der Waals surface area contributed by atoms with E-state index in [1.807, 2.05) is 51.1 Å². The number of aryl methyl sites for hydroxylation is 3. The predicted octanol–water partition coefficient (Wildman–Crippen LogP) is 4.50. The van der Waals surface area contributed by atoms with Gasteiger partial charge in [-0.1, -0.05) is 35.4 Å². The highest BCUT2D eigenvalue weighted by atomic mass is 35.5. The van der Waals surface area contributed by atoms with Gasteiger partial charge in [-0.25, -0.2) is 0 Å². The molecule has 2 rings (SSSR count). The summed E-state index contributed by atoms with van der Waals surface area (Å²) in [7, 11) is 0. The van der Waals surface area contributed by atoms with Gasteiger partial charge in [0, 0.05) is 11.1 Å². The molecule has 0 aliphatic heterocycles. The van der Waals surface area contributed by atoms with Gasteiger partial charge in [0.15, 0.2) is 5.78 Å². The van der Waals surface area contributed by atoms with Crippen molar-refractivity contribution in [1.82, 2.24) is 0 Å². The maximum absolute atomic E-state index is 12.5. The normalized spacial score (nSPS) is 10.4. The fraction of sp³-hybridized carbons (Fsp3) is 0.188. The first-order valence-corrected chi connectivity index (χ1v) is 6.25. The van der Waals surface area contributed by atoms with Crippen LogP contribution in [0.2, 0.25) is 5.02 Å². The lowest BCUT2D eigenvalue weighted by Gasteiger charge is -2.08. The number of hydrogen-bond donors (Lipinski definition) is 0. The van der Waals surface area contributed by atoms with E-state index in [1.165, 1.54) is 0 Å². The fourth-order valence-electron chi connectivity index (χ4n) is 1.93. The number of benzene rings is 2. The molecule has 0 amide bonds. The monoisotopic (exact) mass is 258 g/mol. The molecule has 0 saturated heterocycles. The van der Waals surface area contributed by atoms with Crippen molar-refractivity contribution < 1.29 is 4.79 Å². The van der Waals surface area contributed by atoms with Crippen LogP contribution in [0.5, 0.6) is 0 Å². The van der Waals surface area contributed by atoms with Gasteiger partial charge in [-0.3, -0.25) is 4.79 Å². The largest absolute Gasteiger partial charge is 0.289 e. The van der Waals surface area contributed by atoms with Crippen molar-refractivity contribution in [2.24, 2.45) is 0 Å². The maximum atomic E-state index is 12.5. The lowest BCUT2D eigenvalue weighted by atomic mass is 9.97. The van der Waals surface area contributed by atoms with Crippen molar-refractivity contribution >= 4 is 17.4 Å². The van der Waals surface area contributed by atoms with Crippen molar-refractivity contribution in [3.8, 4) is 0 Å². The molecule has 0 spiro atoms. The van der Waals surface area contributed by atoms with Crippen molar-refractivity contribution in [1.29, 1.82) is 0 Å². The Hall–Kier alpha value is -1.60. The molecule has 92 valence electrons. The number of rotatable bonds is 2. The summed E-state index contributed by atoms with van der Waals surface area (Å²) in [5.41, 5.74) is 4.39. The molecule has 0 N–H and O–H groups in total. The van der Waals surface area contributed by atoms with E-state index in [1.54, 1.807) is 6.07 Å². The van der Waals surface area contributed by atoms with Gasteiger partial charge in [-0.2, -0.15) is 0 Å². The Morgan fingerprint density at radius 2 is 1.50 bits per heavy atom. The SMILES string of the molecule is Cc1ccc(C(=O)c2cc(C)ccc2C)c(Cl)c1. The Balaban J connectivity index is 2.51. The molecular formula is C16H15ClO. The second kappa shape index (κ2) is 4.95. The zero-order valence-electron chi connectivity index (χ0n) is 10.8. The van der Waals surface area contributed by atoms with Crippen molar-refractivity contribution in [2.45, 2.75) is 20.8 Å². The van der Waals surface area contributed by atoms with Gasteiger partial charge < -0.3 is 0 Å². The Morgan fingerprint density at radius 3 is 2.17 bits per heavy atom. The molecule has 0 radical (unpaired) electrons. The van der Waals surface area contributed by atoms with Crippen LogP contribution in [0.3, 0.4) is 0 Å². The van der Waals surface area contributed by atoms with Crippen LogP contribution in [0, 0.1) is 20.8 Å². The Bertz CT molecular complexity index is 614. The Morgan fingerprint density at radius 1 is 0.889 bits per heavy atom. The van der Waals surface area contributed by atoms with Crippen LogP contribution in [0.15, 0.2) is 36.4 Å². The van der Waals surface area contributed by atoms with Gasteiger partial charge in [0.05, 0.1) is 5.02 Å². The molecule has 0 aromatic heterocycles. The second-order valence-corrected chi connectivity index (χ2v) is 5.04. The molecule has 18 heavy (non-hydrogen) atoms. The maximum Gasteiger partial charge on any atom is 0.194 e. The van der Waals surface area contributed by atoms with E-state index in [4.69, 9.17) is 11.6 Å². The van der Waals surface area contributed by atoms with Gasteiger partial charge in [0.1, 0.15) is 0 Å². The minimum Gasteiger partial charge on any atom is -0.289 e. The Labute approximate surface area is 112 Å². The molecule has 0 bridgehead atoms. The first-order chi connectivity index (χ1) is 8.49. The standard InChI is InChI=1S/C16H15ClO/c1-10-4-6-12(3)14(8-10)16(18)13-7-5-11(2)9-15(13)17/h4-9H,1-3H3. The van der Waals surface area contributed by atoms with Crippen molar-refractivity contribution in [3.05, 3.63) is 69.2 Å². The van der Waals surface area contributed by atoms with Crippen LogP contribution in [-0.4, -0.2) is 5.78 Å². The van der Waals surface area contributed by atoms with Crippen LogP contribution in [0.25, 0.3) is 0 Å². The lowest BCUT2D eigenvalue weighted by molar-refractivity contribution is 0.103. The minimum absolute atomic E-state index is 0.0128. The number of carbonyl (C=O) groups excluding carboxylic acids is 1. The zero-order chi connectivity index (χ0) is 13.3. The minimum atomic E-state index is -0.0128. The molecule has 0 heterocycles. The number of hydrogen-bond acceptors (Lipinski definition) is 1. The van der Waals surface area contributed by atoms with Gasteiger partial charge in [0.2, 0.25) is 0 Å². The summed E-state index contributed by atoms with van der Waals surface area (Å²) < 4.78 is 0. The lowest BCUT2D eigenvalue weighted by Crippen LogP contribution is -2.05. The summed E-state index contributed by atoms with van der Waals surface area (Å²) in [5, 5.41) is 0.515. The van der Waals surface area contributed by atoms with E-state index >= 15 is 0 Å². The predicted molar refractivity (Wildman–Crippen MR) is 75.5 cm³/mol. The van der Waals surface area contributed by atoms with E-state index in [-0.39, 0.29) is 5.78 Å². The number of carbonyl (C=O) groups is 1. The van der Waals surface area contributed by atoms with Crippen LogP contribution in [0.1, 0.15) is 32.6 Å². The van der Waals surface area contributed by atoms with Gasteiger partial charge >= 0.3 is 0 Å². The molecule has 1 nitrogen and oxygen atoms in total. The first kappa shape index (κ1) is 12.8. The molecule has 2 aromatic carbocycles. The highest BCUT2D eigenvalue weighted by Gasteiger charge is 2.14. The molecule has 0 aliphatic carbocycles. The summed E-state index contributed by atoms with van der Waals surface area (Å²) in [6, 6.07) is 11.4. The third kappa shape index (κ3) is 2.46. The van der Waals surface area contributed by atoms with E-state index in [0.717, 1.165) is 22.3 Å². The average Bonchev–Trinajstić information content (AvgIpc) is 2.31. The molecule has 0 aliphatic rings. The summed E-state index contributed by atoms with van der Waals surface area (Å²) in [5.74, 6) is -0.0128. The second-order valence-electron chi connectivity index (χ2n) is 4.63. The van der Waals surface area contributed by atoms with Gasteiger partial charge in [0.25, 0.3) is 0 Å². The highest BCUT2D eigenvalue weighted by Crippen LogP contribution is 2.23. The summed E-state index contributed by atoms with van der Waals surface area (Å²) in [6.07, 6.45) is 0. The van der Waals surface area contributed by atoms with E-state index in [0.29, 0.717) is 10.6 Å². The van der Waals surface area contributed by atoms with Gasteiger partial charge in [-0.05, 0) is 50.1 Å². The quantitative estimate of drug-likeness (QED) is 0.725. The molecule has 0 unspecified atom stereocenters. The highest BCUT2D eigenvalue weighted by molar-refractivity contribution is 6.35. The van der Waals surface area contributed by atoms with E-state index in [2.05, 4.69) is 0 Å². The average molecular weight is 259 g/mol. The summed E-state index contributed by atoms with van der Waals surface area (Å²) >= 11 is 6.15.